The third-order valence-corrected chi connectivity index (χ3v) is 5.74. The van der Waals surface area contributed by atoms with Crippen LogP contribution in [0.4, 0.5) is 17.6 Å². The molecule has 34 heavy (non-hydrogen) atoms. The number of nitrogens with zero attached hydrogens (tertiary/aromatic N) is 4. The van der Waals surface area contributed by atoms with E-state index in [1.807, 2.05) is 6.92 Å². The molecule has 3 heterocycles. The molecular formula is C24H22F4N4O2. The van der Waals surface area contributed by atoms with Crippen molar-refractivity contribution in [2.45, 2.75) is 38.6 Å². The van der Waals surface area contributed by atoms with Crippen LogP contribution in [0.1, 0.15) is 36.2 Å². The number of amides is 1. The van der Waals surface area contributed by atoms with Gasteiger partial charge in [-0.2, -0.15) is 13.2 Å². The number of likely N-dealkylation sites (tertiary alicyclic amines) is 1. The molecule has 6 nitrogen and oxygen atoms in total. The number of carbonyl (C=O) groups excluding carboxylic acids is 1. The largest absolute Gasteiger partial charge is 0.472 e. The predicted octanol–water partition coefficient (Wildman–Crippen LogP) is 5.01. The summed E-state index contributed by atoms with van der Waals surface area (Å²) in [7, 11) is 0. The van der Waals surface area contributed by atoms with Gasteiger partial charge in [0, 0.05) is 36.8 Å². The molecule has 1 aromatic carbocycles. The standard InChI is InChI=1S/C24H22F4N4O2/c1-14-10-20(15(2)34-21-7-4-16(12-31-21)24(26,27)28)32(13-14)23(33)18-6-5-17(25)11-19(18)22-29-8-3-9-30-22/h3-9,11-12,14-15,20H,10,13H2,1-2H3. The molecule has 1 saturated heterocycles. The smallest absolute Gasteiger partial charge is 0.417 e. The van der Waals surface area contributed by atoms with E-state index in [0.717, 1.165) is 12.1 Å². The summed E-state index contributed by atoms with van der Waals surface area (Å²) in [6.45, 7) is 4.19. The highest BCUT2D eigenvalue weighted by Crippen LogP contribution is 2.32. The Hall–Kier alpha value is -3.56. The van der Waals surface area contributed by atoms with Crippen LogP contribution in [-0.2, 0) is 6.18 Å². The highest BCUT2D eigenvalue weighted by molar-refractivity contribution is 6.00. The summed E-state index contributed by atoms with van der Waals surface area (Å²) >= 11 is 0. The molecule has 0 radical (unpaired) electrons. The second-order valence-corrected chi connectivity index (χ2v) is 8.33. The van der Waals surface area contributed by atoms with Gasteiger partial charge >= 0.3 is 6.18 Å². The number of halogens is 4. The Morgan fingerprint density at radius 2 is 1.88 bits per heavy atom. The lowest BCUT2D eigenvalue weighted by Gasteiger charge is -2.30. The first kappa shape index (κ1) is 23.6. The monoisotopic (exact) mass is 474 g/mol. The molecule has 4 rings (SSSR count). The maximum Gasteiger partial charge on any atom is 0.417 e. The zero-order valence-corrected chi connectivity index (χ0v) is 18.5. The van der Waals surface area contributed by atoms with Crippen LogP contribution < -0.4 is 4.74 Å². The Morgan fingerprint density at radius 1 is 1.15 bits per heavy atom. The van der Waals surface area contributed by atoms with Crippen molar-refractivity contribution in [2.75, 3.05) is 6.54 Å². The molecule has 178 valence electrons. The molecule has 0 bridgehead atoms. The topological polar surface area (TPSA) is 68.2 Å². The summed E-state index contributed by atoms with van der Waals surface area (Å²) in [5.41, 5.74) is -0.334. The van der Waals surface area contributed by atoms with Crippen molar-refractivity contribution < 1.29 is 27.1 Å². The quantitative estimate of drug-likeness (QED) is 0.486. The van der Waals surface area contributed by atoms with Gasteiger partial charge in [-0.25, -0.2) is 19.3 Å². The normalized spacial score (nSPS) is 19.2. The minimum absolute atomic E-state index is 0.0348. The van der Waals surface area contributed by atoms with Crippen molar-refractivity contribution >= 4 is 5.91 Å². The molecule has 1 aliphatic rings. The molecule has 0 aliphatic carbocycles. The summed E-state index contributed by atoms with van der Waals surface area (Å²) in [4.78, 5) is 27.3. The first-order chi connectivity index (χ1) is 16.1. The number of hydrogen-bond acceptors (Lipinski definition) is 5. The van der Waals surface area contributed by atoms with Gasteiger partial charge in [-0.05, 0) is 49.6 Å². The molecule has 0 saturated carbocycles. The third kappa shape index (κ3) is 5.00. The number of benzene rings is 1. The van der Waals surface area contributed by atoms with E-state index in [1.54, 1.807) is 17.9 Å². The van der Waals surface area contributed by atoms with Crippen LogP contribution in [0, 0.1) is 11.7 Å². The van der Waals surface area contributed by atoms with Gasteiger partial charge in [0.05, 0.1) is 17.2 Å². The predicted molar refractivity (Wildman–Crippen MR) is 115 cm³/mol. The average molecular weight is 474 g/mol. The number of alkyl halides is 3. The lowest BCUT2D eigenvalue weighted by molar-refractivity contribution is -0.137. The van der Waals surface area contributed by atoms with Crippen LogP contribution in [0.25, 0.3) is 11.4 Å². The van der Waals surface area contributed by atoms with Gasteiger partial charge in [-0.3, -0.25) is 4.79 Å². The van der Waals surface area contributed by atoms with Crippen molar-refractivity contribution in [2.24, 2.45) is 5.92 Å². The van der Waals surface area contributed by atoms with E-state index in [1.165, 1.54) is 30.6 Å². The van der Waals surface area contributed by atoms with E-state index >= 15 is 0 Å². The molecule has 1 amide bonds. The molecule has 3 aromatic rings. The second kappa shape index (κ2) is 9.36. The van der Waals surface area contributed by atoms with Gasteiger partial charge in [0.2, 0.25) is 5.88 Å². The van der Waals surface area contributed by atoms with E-state index < -0.39 is 23.7 Å². The fraction of sp³-hybridized carbons (Fsp3) is 0.333. The van der Waals surface area contributed by atoms with Crippen molar-refractivity contribution in [3.05, 3.63) is 71.9 Å². The first-order valence-electron chi connectivity index (χ1n) is 10.7. The van der Waals surface area contributed by atoms with E-state index in [2.05, 4.69) is 15.0 Å². The minimum Gasteiger partial charge on any atom is -0.472 e. The molecule has 0 N–H and O–H groups in total. The number of rotatable bonds is 5. The summed E-state index contributed by atoms with van der Waals surface area (Å²) < 4.78 is 58.2. The van der Waals surface area contributed by atoms with E-state index in [0.29, 0.717) is 19.2 Å². The van der Waals surface area contributed by atoms with Crippen LogP contribution in [0.5, 0.6) is 5.88 Å². The molecule has 2 aromatic heterocycles. The molecule has 3 atom stereocenters. The lowest BCUT2D eigenvalue weighted by atomic mass is 10.0. The van der Waals surface area contributed by atoms with Gasteiger partial charge in [0.15, 0.2) is 5.82 Å². The SMILES string of the molecule is CC1CC(C(C)Oc2ccc(C(F)(F)F)cn2)N(C(=O)c2ccc(F)cc2-c2ncccn2)C1. The second-order valence-electron chi connectivity index (χ2n) is 8.33. The maximum atomic E-state index is 14.0. The van der Waals surface area contributed by atoms with Crippen LogP contribution >= 0.6 is 0 Å². The Balaban J connectivity index is 1.58. The molecule has 1 aliphatic heterocycles. The highest BCUT2D eigenvalue weighted by Gasteiger charge is 2.39. The number of carbonyl (C=O) groups is 1. The van der Waals surface area contributed by atoms with Crippen LogP contribution in [-0.4, -0.2) is 44.4 Å². The summed E-state index contributed by atoms with van der Waals surface area (Å²) in [6.07, 6.45) is -0.671. The lowest BCUT2D eigenvalue weighted by Crippen LogP contribution is -2.44. The zero-order valence-electron chi connectivity index (χ0n) is 18.5. The van der Waals surface area contributed by atoms with E-state index in [-0.39, 0.29) is 40.7 Å². The summed E-state index contributed by atoms with van der Waals surface area (Å²) in [5, 5.41) is 0. The number of ether oxygens (including phenoxy) is 1. The van der Waals surface area contributed by atoms with Crippen molar-refractivity contribution in [3.63, 3.8) is 0 Å². The van der Waals surface area contributed by atoms with Crippen molar-refractivity contribution in [1.82, 2.24) is 19.9 Å². The number of pyridine rings is 1. The molecular weight excluding hydrogens is 452 g/mol. The zero-order chi connectivity index (χ0) is 24.5. The van der Waals surface area contributed by atoms with Gasteiger partial charge < -0.3 is 9.64 Å². The third-order valence-electron chi connectivity index (χ3n) is 5.74. The van der Waals surface area contributed by atoms with E-state index in [4.69, 9.17) is 4.74 Å². The van der Waals surface area contributed by atoms with Crippen LogP contribution in [0.15, 0.2) is 55.0 Å². The van der Waals surface area contributed by atoms with Crippen LogP contribution in [0.3, 0.4) is 0 Å². The highest BCUT2D eigenvalue weighted by atomic mass is 19.4. The Bertz CT molecular complexity index is 1160. The first-order valence-corrected chi connectivity index (χ1v) is 10.7. The summed E-state index contributed by atoms with van der Waals surface area (Å²) in [6, 6.07) is 7.17. The van der Waals surface area contributed by atoms with E-state index in [9.17, 15) is 22.4 Å². The van der Waals surface area contributed by atoms with Gasteiger partial charge in [0.25, 0.3) is 5.91 Å². The molecule has 10 heteroatoms. The fourth-order valence-corrected chi connectivity index (χ4v) is 4.13. The summed E-state index contributed by atoms with van der Waals surface area (Å²) in [5.74, 6) is -0.416. The van der Waals surface area contributed by atoms with Gasteiger partial charge in [0.1, 0.15) is 11.9 Å². The number of hydrogen-bond donors (Lipinski definition) is 0. The minimum atomic E-state index is -4.49. The Morgan fingerprint density at radius 3 is 2.53 bits per heavy atom. The average Bonchev–Trinajstić information content (AvgIpc) is 3.21. The maximum absolute atomic E-state index is 14.0. The van der Waals surface area contributed by atoms with Gasteiger partial charge in [-0.1, -0.05) is 6.92 Å². The Labute approximate surface area is 193 Å². The Kier molecular flexibility index (Phi) is 6.49. The number of aromatic nitrogens is 3. The van der Waals surface area contributed by atoms with Crippen molar-refractivity contribution in [3.8, 4) is 17.3 Å². The van der Waals surface area contributed by atoms with Gasteiger partial charge in [-0.15, -0.1) is 0 Å². The van der Waals surface area contributed by atoms with Crippen molar-refractivity contribution in [1.29, 1.82) is 0 Å². The molecule has 3 unspecified atom stereocenters. The van der Waals surface area contributed by atoms with Crippen LogP contribution in [0.2, 0.25) is 0 Å². The fourth-order valence-electron chi connectivity index (χ4n) is 4.13. The molecule has 1 fully saturated rings. The molecule has 0 spiro atoms.